The predicted molar refractivity (Wildman–Crippen MR) is 137 cm³/mol. The zero-order valence-electron chi connectivity index (χ0n) is 21.6. The van der Waals surface area contributed by atoms with E-state index in [2.05, 4.69) is 20.1 Å². The van der Waals surface area contributed by atoms with E-state index < -0.39 is 18.1 Å². The van der Waals surface area contributed by atoms with Crippen molar-refractivity contribution in [3.8, 4) is 5.75 Å². The zero-order valence-corrected chi connectivity index (χ0v) is 22.4. The highest BCUT2D eigenvalue weighted by Crippen LogP contribution is 2.23. The molecule has 2 aromatic rings. The average molecular weight is 574 g/mol. The topological polar surface area (TPSA) is 107 Å². The molecule has 0 aliphatic carbocycles. The van der Waals surface area contributed by atoms with Gasteiger partial charge in [0.25, 0.3) is 5.91 Å². The van der Waals surface area contributed by atoms with Gasteiger partial charge in [-0.15, -0.1) is 0 Å². The molecular formula is C26H31ClF3N3O6. The number of hydrogen-bond donors (Lipinski definition) is 1. The van der Waals surface area contributed by atoms with Crippen LogP contribution >= 0.6 is 11.6 Å². The van der Waals surface area contributed by atoms with E-state index in [4.69, 9.17) is 16.3 Å². The van der Waals surface area contributed by atoms with Gasteiger partial charge in [-0.05, 0) is 49.1 Å². The lowest BCUT2D eigenvalue weighted by atomic mass is 10.1. The maximum Gasteiger partial charge on any atom is 0.495 e. The molecule has 214 valence electrons. The molecule has 0 saturated carbocycles. The number of aromatic nitrogens is 1. The fraction of sp³-hybridized carbons (Fsp3) is 0.462. The summed E-state index contributed by atoms with van der Waals surface area (Å²) >= 11 is 6.25. The van der Waals surface area contributed by atoms with E-state index in [1.165, 1.54) is 0 Å². The molecule has 0 radical (unpaired) electrons. The average Bonchev–Trinajstić information content (AvgIpc) is 2.88. The number of carbonyl (C=O) groups excluding carboxylic acids is 3. The van der Waals surface area contributed by atoms with Gasteiger partial charge in [-0.2, -0.15) is 13.2 Å². The highest BCUT2D eigenvalue weighted by Gasteiger charge is 2.43. The van der Waals surface area contributed by atoms with Gasteiger partial charge in [0.2, 0.25) is 0 Å². The maximum absolute atomic E-state index is 13.3. The lowest BCUT2D eigenvalue weighted by molar-refractivity contribution is -0.285. The SMILES string of the molecule is CC(C)CN(CCCCCC(=O)OOC(=O)C(F)(F)F)C(=O)c1cc(Cl)cc(OCCNc2ccncc2)c1. The quantitative estimate of drug-likeness (QED) is 0.181. The second kappa shape index (κ2) is 15.8. The Hall–Kier alpha value is -3.54. The number of hydrogen-bond acceptors (Lipinski definition) is 8. The summed E-state index contributed by atoms with van der Waals surface area (Å²) in [4.78, 5) is 48.3. The molecule has 0 unspecified atom stereocenters. The number of nitrogens with one attached hydrogen (secondary N) is 1. The van der Waals surface area contributed by atoms with Crippen molar-refractivity contribution in [2.75, 3.05) is 31.6 Å². The predicted octanol–water partition coefficient (Wildman–Crippen LogP) is 5.45. The first-order valence-corrected chi connectivity index (χ1v) is 12.7. The van der Waals surface area contributed by atoms with Crippen LogP contribution < -0.4 is 10.1 Å². The minimum atomic E-state index is -5.25. The monoisotopic (exact) mass is 573 g/mol. The van der Waals surface area contributed by atoms with Crippen LogP contribution in [0.4, 0.5) is 18.9 Å². The van der Waals surface area contributed by atoms with Gasteiger partial charge in [0.05, 0.1) is 6.42 Å². The standard InChI is InChI=1S/C26H31ClF3N3O6/c1-18(2)17-33(12-5-3-4-6-23(34)38-39-25(36)26(28,29)30)24(35)19-14-20(27)16-22(15-19)37-13-11-32-21-7-9-31-10-8-21/h7-10,14-16,18H,3-6,11-13,17H2,1-2H3,(H,31,32). The van der Waals surface area contributed by atoms with Crippen LogP contribution in [0.2, 0.25) is 5.02 Å². The van der Waals surface area contributed by atoms with Gasteiger partial charge in [0, 0.05) is 48.3 Å². The highest BCUT2D eigenvalue weighted by atomic mass is 35.5. The molecule has 1 aromatic carbocycles. The smallest absolute Gasteiger partial charge is 0.492 e. The first kappa shape index (κ1) is 31.7. The second-order valence-electron chi connectivity index (χ2n) is 8.97. The number of ether oxygens (including phenoxy) is 1. The van der Waals surface area contributed by atoms with Crippen LogP contribution in [0.15, 0.2) is 42.7 Å². The molecule has 2 rings (SSSR count). The Kier molecular flexibility index (Phi) is 12.8. The van der Waals surface area contributed by atoms with Crippen molar-refractivity contribution in [3.05, 3.63) is 53.3 Å². The van der Waals surface area contributed by atoms with Gasteiger partial charge in [-0.3, -0.25) is 9.78 Å². The van der Waals surface area contributed by atoms with Gasteiger partial charge in [0.15, 0.2) is 0 Å². The first-order chi connectivity index (χ1) is 18.5. The summed E-state index contributed by atoms with van der Waals surface area (Å²) in [5.41, 5.74) is 1.27. The maximum atomic E-state index is 13.3. The zero-order chi connectivity index (χ0) is 28.8. The van der Waals surface area contributed by atoms with E-state index >= 15 is 0 Å². The van der Waals surface area contributed by atoms with Crippen molar-refractivity contribution >= 4 is 35.1 Å². The number of nitrogens with zero attached hydrogens (tertiary/aromatic N) is 2. The second-order valence-corrected chi connectivity index (χ2v) is 9.40. The van der Waals surface area contributed by atoms with E-state index in [1.54, 1.807) is 35.5 Å². The normalized spacial score (nSPS) is 11.2. The number of anilines is 1. The van der Waals surface area contributed by atoms with Crippen molar-refractivity contribution in [2.45, 2.75) is 45.7 Å². The number of pyridine rings is 1. The lowest BCUT2D eigenvalue weighted by Crippen LogP contribution is -2.35. The Bertz CT molecular complexity index is 1090. The number of unbranched alkanes of at least 4 members (excludes halogenated alkanes) is 2. The molecule has 0 atom stereocenters. The van der Waals surface area contributed by atoms with Gasteiger partial charge >= 0.3 is 18.1 Å². The highest BCUT2D eigenvalue weighted by molar-refractivity contribution is 6.31. The lowest BCUT2D eigenvalue weighted by Gasteiger charge is -2.25. The molecule has 13 heteroatoms. The molecule has 1 aromatic heterocycles. The number of benzene rings is 1. The van der Waals surface area contributed by atoms with Crippen molar-refractivity contribution in [3.63, 3.8) is 0 Å². The number of alkyl halides is 3. The minimum absolute atomic E-state index is 0.182. The van der Waals surface area contributed by atoms with Crippen molar-refractivity contribution in [1.82, 2.24) is 9.88 Å². The largest absolute Gasteiger partial charge is 0.495 e. The molecule has 0 spiro atoms. The molecule has 1 heterocycles. The van der Waals surface area contributed by atoms with E-state index in [0.717, 1.165) is 5.69 Å². The van der Waals surface area contributed by atoms with Gasteiger partial charge in [-0.1, -0.05) is 31.9 Å². The number of halogens is 4. The van der Waals surface area contributed by atoms with Crippen LogP contribution in [-0.4, -0.2) is 60.1 Å². The summed E-state index contributed by atoms with van der Waals surface area (Å²) in [6, 6.07) is 8.49. The van der Waals surface area contributed by atoms with E-state index in [1.807, 2.05) is 26.0 Å². The Labute approximate surface area is 229 Å². The summed E-state index contributed by atoms with van der Waals surface area (Å²) in [7, 11) is 0. The van der Waals surface area contributed by atoms with Crippen LogP contribution in [0, 0.1) is 5.92 Å². The number of amides is 1. The Morgan fingerprint density at radius 2 is 1.77 bits per heavy atom. The Balaban J connectivity index is 1.84. The summed E-state index contributed by atoms with van der Waals surface area (Å²) in [5.74, 6) is -3.29. The summed E-state index contributed by atoms with van der Waals surface area (Å²) < 4.78 is 42.0. The first-order valence-electron chi connectivity index (χ1n) is 12.3. The number of rotatable bonds is 14. The molecule has 0 fully saturated rings. The molecule has 39 heavy (non-hydrogen) atoms. The van der Waals surface area contributed by atoms with Crippen LogP contribution in [-0.2, 0) is 19.4 Å². The third-order valence-electron chi connectivity index (χ3n) is 5.12. The third kappa shape index (κ3) is 12.2. The molecule has 0 aliphatic heterocycles. The Morgan fingerprint density at radius 3 is 2.44 bits per heavy atom. The molecule has 0 bridgehead atoms. The van der Waals surface area contributed by atoms with E-state index in [0.29, 0.717) is 55.4 Å². The van der Waals surface area contributed by atoms with Gasteiger partial charge in [-0.25, -0.2) is 19.4 Å². The summed E-state index contributed by atoms with van der Waals surface area (Å²) in [6.07, 6.45) is -0.855. The molecule has 9 nitrogen and oxygen atoms in total. The molecule has 1 amide bonds. The fourth-order valence-electron chi connectivity index (χ4n) is 3.42. The van der Waals surface area contributed by atoms with Crippen LogP contribution in [0.25, 0.3) is 0 Å². The fourth-order valence-corrected chi connectivity index (χ4v) is 3.65. The summed E-state index contributed by atoms with van der Waals surface area (Å²) in [6.45, 7) is 5.67. The van der Waals surface area contributed by atoms with Crippen molar-refractivity contribution in [1.29, 1.82) is 0 Å². The van der Waals surface area contributed by atoms with Gasteiger partial charge in [0.1, 0.15) is 12.4 Å². The number of carbonyl (C=O) groups is 3. The van der Waals surface area contributed by atoms with Crippen LogP contribution in [0.1, 0.15) is 49.9 Å². The summed E-state index contributed by atoms with van der Waals surface area (Å²) in [5, 5.41) is 3.55. The van der Waals surface area contributed by atoms with Crippen molar-refractivity contribution in [2.24, 2.45) is 5.92 Å². The van der Waals surface area contributed by atoms with E-state index in [9.17, 15) is 27.6 Å². The Morgan fingerprint density at radius 1 is 1.05 bits per heavy atom. The van der Waals surface area contributed by atoms with Gasteiger partial charge < -0.3 is 15.0 Å². The van der Waals surface area contributed by atoms with Crippen molar-refractivity contribution < 1.29 is 42.1 Å². The van der Waals surface area contributed by atoms with Crippen LogP contribution in [0.3, 0.4) is 0 Å². The van der Waals surface area contributed by atoms with E-state index in [-0.39, 0.29) is 24.7 Å². The molecule has 1 N–H and O–H groups in total. The minimum Gasteiger partial charge on any atom is -0.492 e. The molecular weight excluding hydrogens is 543 g/mol. The molecule has 0 saturated heterocycles. The third-order valence-corrected chi connectivity index (χ3v) is 5.34. The van der Waals surface area contributed by atoms with Crippen LogP contribution in [0.5, 0.6) is 5.75 Å². The molecule has 0 aliphatic rings.